The quantitative estimate of drug-likeness (QED) is 0.777. The Balaban J connectivity index is 1.53. The molecule has 3 nitrogen and oxygen atoms in total. The molecular formula is C19H28N2O. The van der Waals surface area contributed by atoms with Gasteiger partial charge in [-0.15, -0.1) is 0 Å². The zero-order chi connectivity index (χ0) is 15.4. The second-order valence-electron chi connectivity index (χ2n) is 6.69. The Bertz CT molecular complexity index is 506. The molecule has 0 unspecified atom stereocenters. The van der Waals surface area contributed by atoms with Gasteiger partial charge in [0.1, 0.15) is 0 Å². The summed E-state index contributed by atoms with van der Waals surface area (Å²) in [5.41, 5.74) is 2.48. The number of carbonyl (C=O) groups is 1. The number of hydrogen-bond donors (Lipinski definition) is 0. The molecule has 0 bridgehead atoms. The Hall–Kier alpha value is -1.35. The van der Waals surface area contributed by atoms with E-state index in [9.17, 15) is 4.79 Å². The molecule has 2 aliphatic heterocycles. The lowest BCUT2D eigenvalue weighted by Gasteiger charge is -2.33. The molecule has 0 aromatic heterocycles. The second-order valence-corrected chi connectivity index (χ2v) is 6.69. The van der Waals surface area contributed by atoms with Crippen LogP contribution in [0.15, 0.2) is 24.3 Å². The molecule has 0 radical (unpaired) electrons. The molecule has 1 saturated heterocycles. The van der Waals surface area contributed by atoms with Crippen LogP contribution in [0, 0.1) is 5.92 Å². The van der Waals surface area contributed by atoms with Crippen LogP contribution >= 0.6 is 0 Å². The van der Waals surface area contributed by atoms with Crippen LogP contribution < -0.4 is 4.90 Å². The van der Waals surface area contributed by atoms with Gasteiger partial charge >= 0.3 is 0 Å². The molecule has 22 heavy (non-hydrogen) atoms. The molecule has 0 spiro atoms. The number of para-hydroxylation sites is 1. The molecule has 1 aromatic carbocycles. The van der Waals surface area contributed by atoms with Crippen molar-refractivity contribution in [3.05, 3.63) is 29.8 Å². The maximum absolute atomic E-state index is 12.8. The highest BCUT2D eigenvalue weighted by Gasteiger charge is 2.32. The molecule has 0 saturated carbocycles. The third kappa shape index (κ3) is 3.35. The smallest absolute Gasteiger partial charge is 0.230 e. The van der Waals surface area contributed by atoms with Crippen LogP contribution in [0.4, 0.5) is 5.69 Å². The van der Waals surface area contributed by atoms with Crippen molar-refractivity contribution in [1.82, 2.24) is 4.90 Å². The first-order chi connectivity index (χ1) is 10.8. The van der Waals surface area contributed by atoms with Crippen LogP contribution in [0.5, 0.6) is 0 Å². The summed E-state index contributed by atoms with van der Waals surface area (Å²) in [6.07, 6.45) is 6.98. The fourth-order valence-electron chi connectivity index (χ4n) is 3.78. The van der Waals surface area contributed by atoms with Gasteiger partial charge in [0, 0.05) is 18.2 Å². The number of nitrogens with zero attached hydrogens (tertiary/aromatic N) is 2. The Morgan fingerprint density at radius 3 is 2.68 bits per heavy atom. The number of carbonyl (C=O) groups excluding carboxylic acids is 1. The molecule has 1 fully saturated rings. The first kappa shape index (κ1) is 15.5. The van der Waals surface area contributed by atoms with Crippen molar-refractivity contribution in [3.8, 4) is 0 Å². The Morgan fingerprint density at radius 1 is 1.14 bits per heavy atom. The van der Waals surface area contributed by atoms with E-state index in [1.54, 1.807) is 0 Å². The topological polar surface area (TPSA) is 23.6 Å². The van der Waals surface area contributed by atoms with Crippen LogP contribution in [0.1, 0.15) is 44.6 Å². The predicted octanol–water partition coefficient (Wildman–Crippen LogP) is 3.48. The Labute approximate surface area is 134 Å². The summed E-state index contributed by atoms with van der Waals surface area (Å²) in [5.74, 6) is 0.590. The van der Waals surface area contributed by atoms with Crippen LogP contribution in [0.3, 0.4) is 0 Å². The van der Waals surface area contributed by atoms with Crippen molar-refractivity contribution >= 4 is 11.6 Å². The summed E-state index contributed by atoms with van der Waals surface area (Å²) in [6.45, 7) is 6.51. The SMILES string of the molecule is CCCCCN1CCC(C(=O)N2CCc3ccccc32)CC1. The van der Waals surface area contributed by atoms with Gasteiger partial charge in [-0.2, -0.15) is 0 Å². The van der Waals surface area contributed by atoms with Crippen molar-refractivity contribution in [1.29, 1.82) is 0 Å². The van der Waals surface area contributed by atoms with Gasteiger partial charge in [0.25, 0.3) is 0 Å². The lowest BCUT2D eigenvalue weighted by molar-refractivity contribution is -0.123. The van der Waals surface area contributed by atoms with Crippen LogP contribution in [-0.4, -0.2) is 37.0 Å². The maximum atomic E-state index is 12.8. The summed E-state index contributed by atoms with van der Waals surface area (Å²) in [4.78, 5) is 17.4. The van der Waals surface area contributed by atoms with E-state index in [-0.39, 0.29) is 5.92 Å². The minimum Gasteiger partial charge on any atom is -0.312 e. The number of amides is 1. The van der Waals surface area contributed by atoms with E-state index in [2.05, 4.69) is 30.0 Å². The molecule has 0 aliphatic carbocycles. The van der Waals surface area contributed by atoms with E-state index in [1.807, 2.05) is 11.0 Å². The van der Waals surface area contributed by atoms with Gasteiger partial charge < -0.3 is 9.80 Å². The normalized spacial score (nSPS) is 19.4. The number of piperidine rings is 1. The predicted molar refractivity (Wildman–Crippen MR) is 91.2 cm³/mol. The van der Waals surface area contributed by atoms with Crippen molar-refractivity contribution in [2.75, 3.05) is 31.1 Å². The average molecular weight is 300 g/mol. The molecule has 3 heteroatoms. The molecule has 0 atom stereocenters. The van der Waals surface area contributed by atoms with Crippen molar-refractivity contribution in [3.63, 3.8) is 0 Å². The number of anilines is 1. The fraction of sp³-hybridized carbons (Fsp3) is 0.632. The highest BCUT2D eigenvalue weighted by molar-refractivity contribution is 5.97. The first-order valence-electron chi connectivity index (χ1n) is 8.91. The largest absolute Gasteiger partial charge is 0.312 e. The minimum absolute atomic E-state index is 0.230. The Morgan fingerprint density at radius 2 is 1.91 bits per heavy atom. The number of benzene rings is 1. The summed E-state index contributed by atoms with van der Waals surface area (Å²) in [6, 6.07) is 8.36. The van der Waals surface area contributed by atoms with Gasteiger partial charge in [-0.1, -0.05) is 38.0 Å². The van der Waals surface area contributed by atoms with Gasteiger partial charge in [-0.25, -0.2) is 0 Å². The second kappa shape index (κ2) is 7.28. The summed E-state index contributed by atoms with van der Waals surface area (Å²) >= 11 is 0. The molecule has 2 heterocycles. The van der Waals surface area contributed by atoms with Gasteiger partial charge in [-0.3, -0.25) is 4.79 Å². The summed E-state index contributed by atoms with van der Waals surface area (Å²) in [5, 5.41) is 0. The van der Waals surface area contributed by atoms with Gasteiger partial charge in [0.15, 0.2) is 0 Å². The van der Waals surface area contributed by atoms with E-state index in [0.717, 1.165) is 44.6 Å². The minimum atomic E-state index is 0.230. The number of rotatable bonds is 5. The van der Waals surface area contributed by atoms with Gasteiger partial charge in [-0.05, 0) is 56.9 Å². The third-order valence-electron chi connectivity index (χ3n) is 5.17. The zero-order valence-electron chi connectivity index (χ0n) is 13.8. The van der Waals surface area contributed by atoms with Crippen molar-refractivity contribution < 1.29 is 4.79 Å². The highest BCUT2D eigenvalue weighted by atomic mass is 16.2. The molecule has 1 aromatic rings. The standard InChI is InChI=1S/C19H28N2O/c1-2-3-6-12-20-13-9-17(10-14-20)19(22)21-15-11-16-7-4-5-8-18(16)21/h4-5,7-8,17H,2-3,6,9-15H2,1H3. The lowest BCUT2D eigenvalue weighted by atomic mass is 9.95. The monoisotopic (exact) mass is 300 g/mol. The number of fused-ring (bicyclic) bond motifs is 1. The molecule has 2 aliphatic rings. The first-order valence-corrected chi connectivity index (χ1v) is 8.91. The van der Waals surface area contributed by atoms with Crippen LogP contribution in [0.25, 0.3) is 0 Å². The maximum Gasteiger partial charge on any atom is 0.230 e. The third-order valence-corrected chi connectivity index (χ3v) is 5.17. The number of likely N-dealkylation sites (tertiary alicyclic amines) is 1. The molecule has 0 N–H and O–H groups in total. The van der Waals surface area contributed by atoms with Crippen molar-refractivity contribution in [2.45, 2.75) is 45.4 Å². The van der Waals surface area contributed by atoms with E-state index in [4.69, 9.17) is 0 Å². The fourth-order valence-corrected chi connectivity index (χ4v) is 3.78. The highest BCUT2D eigenvalue weighted by Crippen LogP contribution is 2.30. The molecule has 1 amide bonds. The van der Waals surface area contributed by atoms with E-state index < -0.39 is 0 Å². The lowest BCUT2D eigenvalue weighted by Crippen LogP contribution is -2.42. The van der Waals surface area contributed by atoms with Crippen LogP contribution in [-0.2, 0) is 11.2 Å². The van der Waals surface area contributed by atoms with E-state index in [0.29, 0.717) is 5.91 Å². The van der Waals surface area contributed by atoms with E-state index >= 15 is 0 Å². The molecule has 3 rings (SSSR count). The summed E-state index contributed by atoms with van der Waals surface area (Å²) in [7, 11) is 0. The molecule has 120 valence electrons. The van der Waals surface area contributed by atoms with Crippen molar-refractivity contribution in [2.24, 2.45) is 5.92 Å². The number of unbranched alkanes of at least 4 members (excludes halogenated alkanes) is 2. The summed E-state index contributed by atoms with van der Waals surface area (Å²) < 4.78 is 0. The van der Waals surface area contributed by atoms with Crippen LogP contribution in [0.2, 0.25) is 0 Å². The number of hydrogen-bond acceptors (Lipinski definition) is 2. The van der Waals surface area contributed by atoms with Gasteiger partial charge in [0.05, 0.1) is 0 Å². The van der Waals surface area contributed by atoms with E-state index in [1.165, 1.54) is 31.4 Å². The average Bonchev–Trinajstić information content (AvgIpc) is 2.99. The molecular weight excluding hydrogens is 272 g/mol. The zero-order valence-corrected chi connectivity index (χ0v) is 13.8. The van der Waals surface area contributed by atoms with Gasteiger partial charge in [0.2, 0.25) is 5.91 Å². The Kier molecular flexibility index (Phi) is 5.14.